The van der Waals surface area contributed by atoms with E-state index in [2.05, 4.69) is 17.1 Å². The van der Waals surface area contributed by atoms with Gasteiger partial charge in [0.1, 0.15) is 0 Å². The molecule has 0 bridgehead atoms. The van der Waals surface area contributed by atoms with Gasteiger partial charge in [0.15, 0.2) is 0 Å². The Balaban J connectivity index is 1.87. The first-order valence-electron chi connectivity index (χ1n) is 7.35. The SMILES string of the molecule is CCCN1CCN(C(=O)Nc2ccc(C(F)(F)F)cc2)CC1. The summed E-state index contributed by atoms with van der Waals surface area (Å²) in [4.78, 5) is 16.1. The number of piperazine rings is 1. The number of carbonyl (C=O) groups excluding carboxylic acids is 1. The normalized spacial score (nSPS) is 16.6. The molecular weight excluding hydrogens is 295 g/mol. The number of hydrogen-bond acceptors (Lipinski definition) is 2. The number of benzene rings is 1. The molecule has 22 heavy (non-hydrogen) atoms. The Morgan fingerprint density at radius 1 is 1.14 bits per heavy atom. The molecule has 0 atom stereocenters. The van der Waals surface area contributed by atoms with Gasteiger partial charge in [-0.1, -0.05) is 6.92 Å². The maximum absolute atomic E-state index is 12.5. The van der Waals surface area contributed by atoms with Gasteiger partial charge in [0.2, 0.25) is 0 Å². The van der Waals surface area contributed by atoms with Crippen molar-refractivity contribution in [2.24, 2.45) is 0 Å². The highest BCUT2D eigenvalue weighted by molar-refractivity contribution is 5.89. The molecule has 1 N–H and O–H groups in total. The molecule has 0 aromatic heterocycles. The molecule has 7 heteroatoms. The largest absolute Gasteiger partial charge is 0.416 e. The third-order valence-corrected chi connectivity index (χ3v) is 3.66. The molecule has 0 radical (unpaired) electrons. The van der Waals surface area contributed by atoms with Crippen LogP contribution in [0.1, 0.15) is 18.9 Å². The van der Waals surface area contributed by atoms with Gasteiger partial charge < -0.3 is 10.2 Å². The predicted molar refractivity (Wildman–Crippen MR) is 78.8 cm³/mol. The van der Waals surface area contributed by atoms with Crippen LogP contribution in [0.5, 0.6) is 0 Å². The molecule has 0 spiro atoms. The Labute approximate surface area is 127 Å². The first-order chi connectivity index (χ1) is 10.4. The smallest absolute Gasteiger partial charge is 0.322 e. The quantitative estimate of drug-likeness (QED) is 0.929. The molecular formula is C15H20F3N3O. The van der Waals surface area contributed by atoms with Crippen LogP contribution in [0.3, 0.4) is 0 Å². The molecule has 1 fully saturated rings. The monoisotopic (exact) mass is 315 g/mol. The van der Waals surface area contributed by atoms with Gasteiger partial charge in [-0.15, -0.1) is 0 Å². The number of nitrogens with one attached hydrogen (secondary N) is 1. The minimum atomic E-state index is -4.36. The van der Waals surface area contributed by atoms with E-state index in [1.807, 2.05) is 0 Å². The number of urea groups is 1. The molecule has 1 saturated heterocycles. The van der Waals surface area contributed by atoms with Crippen LogP contribution >= 0.6 is 0 Å². The Morgan fingerprint density at radius 3 is 2.23 bits per heavy atom. The van der Waals surface area contributed by atoms with E-state index in [4.69, 9.17) is 0 Å². The highest BCUT2D eigenvalue weighted by atomic mass is 19.4. The zero-order chi connectivity index (χ0) is 16.2. The summed E-state index contributed by atoms with van der Waals surface area (Å²) < 4.78 is 37.4. The lowest BCUT2D eigenvalue weighted by Crippen LogP contribution is -2.50. The molecule has 0 unspecified atom stereocenters. The summed E-state index contributed by atoms with van der Waals surface area (Å²) in [5.74, 6) is 0. The highest BCUT2D eigenvalue weighted by Crippen LogP contribution is 2.29. The van der Waals surface area contributed by atoms with Crippen LogP contribution in [0.4, 0.5) is 23.7 Å². The summed E-state index contributed by atoms with van der Waals surface area (Å²) in [6.07, 6.45) is -3.28. The summed E-state index contributed by atoms with van der Waals surface area (Å²) in [6.45, 7) is 6.06. The number of anilines is 1. The van der Waals surface area contributed by atoms with Crippen molar-refractivity contribution in [1.82, 2.24) is 9.80 Å². The molecule has 1 heterocycles. The summed E-state index contributed by atoms with van der Waals surface area (Å²) in [5, 5.41) is 2.64. The number of alkyl halides is 3. The van der Waals surface area contributed by atoms with Crippen LogP contribution in [0.25, 0.3) is 0 Å². The summed E-state index contributed by atoms with van der Waals surface area (Å²) in [7, 11) is 0. The van der Waals surface area contributed by atoms with Gasteiger partial charge in [-0.2, -0.15) is 13.2 Å². The lowest BCUT2D eigenvalue weighted by atomic mass is 10.2. The van der Waals surface area contributed by atoms with Crippen LogP contribution in [-0.2, 0) is 6.18 Å². The summed E-state index contributed by atoms with van der Waals surface area (Å²) >= 11 is 0. The zero-order valence-corrected chi connectivity index (χ0v) is 12.5. The van der Waals surface area contributed by atoms with Crippen molar-refractivity contribution < 1.29 is 18.0 Å². The van der Waals surface area contributed by atoms with Crippen LogP contribution in [-0.4, -0.2) is 48.6 Å². The fourth-order valence-electron chi connectivity index (χ4n) is 2.44. The fourth-order valence-corrected chi connectivity index (χ4v) is 2.44. The van der Waals surface area contributed by atoms with Gasteiger partial charge in [-0.05, 0) is 37.2 Å². The van der Waals surface area contributed by atoms with E-state index in [1.54, 1.807) is 4.90 Å². The second-order valence-electron chi connectivity index (χ2n) is 5.33. The number of carbonyl (C=O) groups is 1. The summed E-state index contributed by atoms with van der Waals surface area (Å²) in [6, 6.07) is 4.21. The molecule has 1 aromatic rings. The van der Waals surface area contributed by atoms with E-state index in [0.29, 0.717) is 18.8 Å². The molecule has 2 amide bonds. The minimum Gasteiger partial charge on any atom is -0.322 e. The lowest BCUT2D eigenvalue weighted by molar-refractivity contribution is -0.137. The van der Waals surface area contributed by atoms with E-state index in [1.165, 1.54) is 12.1 Å². The van der Waals surface area contributed by atoms with E-state index in [9.17, 15) is 18.0 Å². The van der Waals surface area contributed by atoms with Crippen molar-refractivity contribution in [3.05, 3.63) is 29.8 Å². The van der Waals surface area contributed by atoms with Gasteiger partial charge in [0.05, 0.1) is 5.56 Å². The highest BCUT2D eigenvalue weighted by Gasteiger charge is 2.30. The van der Waals surface area contributed by atoms with Crippen molar-refractivity contribution >= 4 is 11.7 Å². The molecule has 0 saturated carbocycles. The van der Waals surface area contributed by atoms with E-state index < -0.39 is 11.7 Å². The molecule has 1 aromatic carbocycles. The molecule has 4 nitrogen and oxygen atoms in total. The average molecular weight is 315 g/mol. The second kappa shape index (κ2) is 7.00. The maximum Gasteiger partial charge on any atom is 0.416 e. The number of amides is 2. The first kappa shape index (κ1) is 16.6. The van der Waals surface area contributed by atoms with Gasteiger partial charge in [-0.25, -0.2) is 4.79 Å². The van der Waals surface area contributed by atoms with E-state index >= 15 is 0 Å². The van der Waals surface area contributed by atoms with Crippen molar-refractivity contribution in [3.63, 3.8) is 0 Å². The Kier molecular flexibility index (Phi) is 5.28. The Hall–Kier alpha value is -1.76. The second-order valence-corrected chi connectivity index (χ2v) is 5.33. The van der Waals surface area contributed by atoms with Crippen LogP contribution < -0.4 is 5.32 Å². The number of rotatable bonds is 3. The van der Waals surface area contributed by atoms with Gasteiger partial charge >= 0.3 is 12.2 Å². The number of hydrogen-bond donors (Lipinski definition) is 1. The van der Waals surface area contributed by atoms with Crippen LogP contribution in [0.15, 0.2) is 24.3 Å². The standard InChI is InChI=1S/C15H20F3N3O/c1-2-7-20-8-10-21(11-9-20)14(22)19-13-5-3-12(4-6-13)15(16,17)18/h3-6H,2,7-11H2,1H3,(H,19,22). The zero-order valence-electron chi connectivity index (χ0n) is 12.5. The van der Waals surface area contributed by atoms with E-state index in [-0.39, 0.29) is 6.03 Å². The lowest BCUT2D eigenvalue weighted by Gasteiger charge is -2.34. The predicted octanol–water partition coefficient (Wildman–Crippen LogP) is 3.26. The maximum atomic E-state index is 12.5. The van der Waals surface area contributed by atoms with Gasteiger partial charge in [0.25, 0.3) is 0 Å². The van der Waals surface area contributed by atoms with Crippen molar-refractivity contribution in [2.75, 3.05) is 38.0 Å². The first-order valence-corrected chi connectivity index (χ1v) is 7.35. The van der Waals surface area contributed by atoms with Gasteiger partial charge in [0, 0.05) is 31.9 Å². The van der Waals surface area contributed by atoms with Crippen molar-refractivity contribution in [1.29, 1.82) is 0 Å². The topological polar surface area (TPSA) is 35.6 Å². The molecule has 1 aliphatic heterocycles. The van der Waals surface area contributed by atoms with E-state index in [0.717, 1.165) is 38.2 Å². The third kappa shape index (κ3) is 4.37. The molecule has 1 aliphatic rings. The number of halogens is 3. The minimum absolute atomic E-state index is 0.268. The fraction of sp³-hybridized carbons (Fsp3) is 0.533. The molecule has 122 valence electrons. The van der Waals surface area contributed by atoms with Gasteiger partial charge in [-0.3, -0.25) is 4.90 Å². The number of nitrogens with zero attached hydrogens (tertiary/aromatic N) is 2. The third-order valence-electron chi connectivity index (χ3n) is 3.66. The van der Waals surface area contributed by atoms with Crippen molar-refractivity contribution in [3.8, 4) is 0 Å². The average Bonchev–Trinajstić information content (AvgIpc) is 2.48. The Bertz CT molecular complexity index is 494. The summed E-state index contributed by atoms with van der Waals surface area (Å²) in [5.41, 5.74) is -0.354. The van der Waals surface area contributed by atoms with Crippen LogP contribution in [0, 0.1) is 0 Å². The van der Waals surface area contributed by atoms with Crippen LogP contribution in [0.2, 0.25) is 0 Å². The Morgan fingerprint density at radius 2 is 1.73 bits per heavy atom. The molecule has 0 aliphatic carbocycles. The van der Waals surface area contributed by atoms with Crippen molar-refractivity contribution in [2.45, 2.75) is 19.5 Å². The molecule has 2 rings (SSSR count).